The van der Waals surface area contributed by atoms with Crippen LogP contribution in [0, 0.1) is 6.92 Å². The van der Waals surface area contributed by atoms with E-state index >= 15 is 0 Å². The fourth-order valence-electron chi connectivity index (χ4n) is 7.35. The number of fused-ring (bicyclic) bond motifs is 3. The monoisotopic (exact) mass is 522 g/mol. The molecule has 0 radical (unpaired) electrons. The highest BCUT2D eigenvalue weighted by molar-refractivity contribution is 6.02. The summed E-state index contributed by atoms with van der Waals surface area (Å²) in [6.07, 6.45) is 9.82. The quantitative estimate of drug-likeness (QED) is 0.309. The van der Waals surface area contributed by atoms with Gasteiger partial charge >= 0.3 is 6.01 Å². The third-order valence-corrected chi connectivity index (χ3v) is 9.40. The van der Waals surface area contributed by atoms with Crippen LogP contribution in [0.15, 0.2) is 48.5 Å². The highest BCUT2D eigenvalue weighted by Crippen LogP contribution is 2.41. The number of aromatic hydroxyl groups is 1. The van der Waals surface area contributed by atoms with E-state index in [1.165, 1.54) is 64.5 Å². The zero-order valence-electron chi connectivity index (χ0n) is 23.0. The van der Waals surface area contributed by atoms with Crippen molar-refractivity contribution in [2.24, 2.45) is 0 Å². The van der Waals surface area contributed by atoms with Crippen LogP contribution in [-0.2, 0) is 0 Å². The predicted molar refractivity (Wildman–Crippen MR) is 158 cm³/mol. The molecule has 0 spiro atoms. The molecule has 3 aromatic carbocycles. The Morgan fingerprint density at radius 2 is 1.59 bits per heavy atom. The number of phenols is 1. The average Bonchev–Trinajstić information content (AvgIpc) is 3.41. The fourth-order valence-corrected chi connectivity index (χ4v) is 7.35. The standard InChI is InChI=1S/C33H38N4O2/c1-23-26(29-21-25(38)20-24-10-4-5-11-27(24)29)12-13-28-30(23)34-32(35-31(28)36-16-6-2-3-7-17-36)39-22-33-14-8-18-37(33)19-9-15-33/h4-5,10-13,20-21,38H,2-3,6-9,14-19,22H2,1H3. The second-order valence-corrected chi connectivity index (χ2v) is 11.8. The Hall–Kier alpha value is -3.38. The Labute approximate surface area is 230 Å². The van der Waals surface area contributed by atoms with Crippen LogP contribution in [0.1, 0.15) is 56.9 Å². The van der Waals surface area contributed by atoms with Crippen LogP contribution in [-0.4, -0.2) is 58.3 Å². The summed E-state index contributed by atoms with van der Waals surface area (Å²) in [6.45, 7) is 7.20. The zero-order valence-corrected chi connectivity index (χ0v) is 23.0. The van der Waals surface area contributed by atoms with Gasteiger partial charge in [-0.3, -0.25) is 4.90 Å². The molecule has 3 saturated heterocycles. The third kappa shape index (κ3) is 4.39. The highest BCUT2D eigenvalue weighted by Gasteiger charge is 2.45. The van der Waals surface area contributed by atoms with Crippen molar-refractivity contribution in [2.45, 2.75) is 63.8 Å². The first-order valence-electron chi connectivity index (χ1n) is 14.8. The zero-order chi connectivity index (χ0) is 26.4. The lowest BCUT2D eigenvalue weighted by Gasteiger charge is -2.31. The summed E-state index contributed by atoms with van der Waals surface area (Å²) >= 11 is 0. The summed E-state index contributed by atoms with van der Waals surface area (Å²) in [7, 11) is 0. The minimum atomic E-state index is 0.151. The molecule has 1 aromatic heterocycles. The van der Waals surface area contributed by atoms with Crippen molar-refractivity contribution in [2.75, 3.05) is 37.7 Å². The molecule has 6 heteroatoms. The maximum absolute atomic E-state index is 10.6. The molecular formula is C33H38N4O2. The number of aryl methyl sites for hydroxylation is 1. The van der Waals surface area contributed by atoms with Crippen molar-refractivity contribution < 1.29 is 9.84 Å². The molecule has 39 heavy (non-hydrogen) atoms. The van der Waals surface area contributed by atoms with Crippen LogP contribution >= 0.6 is 0 Å². The van der Waals surface area contributed by atoms with E-state index in [0.29, 0.717) is 12.6 Å². The van der Waals surface area contributed by atoms with Gasteiger partial charge in [-0.25, -0.2) is 0 Å². The van der Waals surface area contributed by atoms with Crippen LogP contribution in [0.4, 0.5) is 5.82 Å². The lowest BCUT2D eigenvalue weighted by atomic mass is 9.93. The maximum atomic E-state index is 10.6. The Balaban J connectivity index is 1.35. The van der Waals surface area contributed by atoms with Crippen LogP contribution in [0.5, 0.6) is 11.8 Å². The first kappa shape index (κ1) is 24.6. The van der Waals surface area contributed by atoms with Gasteiger partial charge in [-0.15, -0.1) is 0 Å². The van der Waals surface area contributed by atoms with E-state index in [-0.39, 0.29) is 11.3 Å². The Morgan fingerprint density at radius 3 is 2.38 bits per heavy atom. The molecule has 6 nitrogen and oxygen atoms in total. The molecule has 0 saturated carbocycles. The molecule has 0 bridgehead atoms. The highest BCUT2D eigenvalue weighted by atomic mass is 16.5. The van der Waals surface area contributed by atoms with Crippen LogP contribution in [0.2, 0.25) is 0 Å². The number of rotatable bonds is 5. The summed E-state index contributed by atoms with van der Waals surface area (Å²) < 4.78 is 6.52. The Bertz CT molecular complexity index is 1520. The van der Waals surface area contributed by atoms with Gasteiger partial charge in [0, 0.05) is 18.5 Å². The van der Waals surface area contributed by atoms with E-state index in [9.17, 15) is 5.11 Å². The van der Waals surface area contributed by atoms with Gasteiger partial charge < -0.3 is 14.7 Å². The summed E-state index contributed by atoms with van der Waals surface area (Å²) in [5, 5.41) is 13.8. The van der Waals surface area contributed by atoms with Gasteiger partial charge in [-0.1, -0.05) is 43.2 Å². The van der Waals surface area contributed by atoms with Gasteiger partial charge in [0.05, 0.1) is 11.1 Å². The molecule has 4 heterocycles. The third-order valence-electron chi connectivity index (χ3n) is 9.40. The normalized spacial score (nSPS) is 19.5. The largest absolute Gasteiger partial charge is 0.508 e. The van der Waals surface area contributed by atoms with Crippen LogP contribution < -0.4 is 9.64 Å². The maximum Gasteiger partial charge on any atom is 0.319 e. The van der Waals surface area contributed by atoms with Gasteiger partial charge in [0.2, 0.25) is 0 Å². The molecule has 3 aliphatic rings. The summed E-state index contributed by atoms with van der Waals surface area (Å²) in [5.74, 6) is 1.27. The van der Waals surface area contributed by atoms with Crippen molar-refractivity contribution in [1.82, 2.24) is 14.9 Å². The lowest BCUT2D eigenvalue weighted by molar-refractivity contribution is 0.108. The van der Waals surface area contributed by atoms with Gasteiger partial charge in [0.25, 0.3) is 0 Å². The molecule has 202 valence electrons. The first-order valence-corrected chi connectivity index (χ1v) is 14.8. The van der Waals surface area contributed by atoms with E-state index in [1.54, 1.807) is 0 Å². The number of phenolic OH excluding ortho intramolecular Hbond substituents is 1. The van der Waals surface area contributed by atoms with E-state index in [2.05, 4.69) is 47.1 Å². The molecule has 4 aromatic rings. The number of aromatic nitrogens is 2. The lowest BCUT2D eigenvalue weighted by Crippen LogP contribution is -2.43. The van der Waals surface area contributed by atoms with E-state index in [0.717, 1.165) is 57.3 Å². The molecule has 0 amide bonds. The average molecular weight is 523 g/mol. The molecular weight excluding hydrogens is 484 g/mol. The molecule has 0 aliphatic carbocycles. The van der Waals surface area contributed by atoms with Gasteiger partial charge in [-0.05, 0) is 104 Å². The smallest absolute Gasteiger partial charge is 0.319 e. The molecule has 3 fully saturated rings. The number of nitrogens with zero attached hydrogens (tertiary/aromatic N) is 4. The SMILES string of the molecule is Cc1c(-c2cc(O)cc3ccccc23)ccc2c(N3CCCCCC3)nc(OCC34CCCN3CCC4)nc12. The number of ether oxygens (including phenoxy) is 1. The van der Waals surface area contributed by atoms with Crippen molar-refractivity contribution >= 4 is 27.5 Å². The predicted octanol–water partition coefficient (Wildman–Crippen LogP) is 6.85. The molecule has 3 aliphatic heterocycles. The van der Waals surface area contributed by atoms with E-state index < -0.39 is 0 Å². The van der Waals surface area contributed by atoms with E-state index in [4.69, 9.17) is 14.7 Å². The fraction of sp³-hybridized carbons (Fsp3) is 0.455. The molecule has 7 rings (SSSR count). The van der Waals surface area contributed by atoms with Crippen molar-refractivity contribution in [3.63, 3.8) is 0 Å². The minimum Gasteiger partial charge on any atom is -0.508 e. The van der Waals surface area contributed by atoms with Crippen molar-refractivity contribution in [3.8, 4) is 22.9 Å². The second-order valence-electron chi connectivity index (χ2n) is 11.8. The number of benzene rings is 3. The summed E-state index contributed by atoms with van der Waals surface area (Å²) in [6, 6.07) is 16.8. The van der Waals surface area contributed by atoms with E-state index in [1.807, 2.05) is 18.2 Å². The molecule has 1 N–H and O–H groups in total. The van der Waals surface area contributed by atoms with Gasteiger partial charge in [0.1, 0.15) is 18.2 Å². The summed E-state index contributed by atoms with van der Waals surface area (Å²) in [4.78, 5) is 15.2. The Morgan fingerprint density at radius 1 is 0.821 bits per heavy atom. The minimum absolute atomic E-state index is 0.151. The van der Waals surface area contributed by atoms with Gasteiger partial charge in [-0.2, -0.15) is 9.97 Å². The molecule has 0 unspecified atom stereocenters. The number of anilines is 1. The van der Waals surface area contributed by atoms with Gasteiger partial charge in [0.15, 0.2) is 0 Å². The summed E-state index contributed by atoms with van der Waals surface area (Å²) in [5.41, 5.74) is 4.29. The number of hydrogen-bond donors (Lipinski definition) is 1. The van der Waals surface area contributed by atoms with Crippen LogP contribution in [0.25, 0.3) is 32.8 Å². The topological polar surface area (TPSA) is 61.7 Å². The molecule has 0 atom stereocenters. The number of hydrogen-bond acceptors (Lipinski definition) is 6. The van der Waals surface area contributed by atoms with Crippen molar-refractivity contribution in [1.29, 1.82) is 0 Å². The Kier molecular flexibility index (Phi) is 6.31. The first-order chi connectivity index (χ1) is 19.1. The van der Waals surface area contributed by atoms with Crippen molar-refractivity contribution in [3.05, 3.63) is 54.1 Å². The van der Waals surface area contributed by atoms with Crippen LogP contribution in [0.3, 0.4) is 0 Å². The second kappa shape index (κ2) is 9.98.